The molecular weight excluding hydrogens is 202 g/mol. The number of hydrogen-bond donors (Lipinski definition) is 1. The molecule has 0 radical (unpaired) electrons. The van der Waals surface area contributed by atoms with Gasteiger partial charge in [-0.15, -0.1) is 0 Å². The summed E-state index contributed by atoms with van der Waals surface area (Å²) in [5, 5.41) is 2.44. The Morgan fingerprint density at radius 2 is 1.94 bits per heavy atom. The molecule has 1 N–H and O–H groups in total. The molecule has 0 saturated carbocycles. The van der Waals surface area contributed by atoms with Gasteiger partial charge in [-0.2, -0.15) is 0 Å². The summed E-state index contributed by atoms with van der Waals surface area (Å²) in [5.74, 6) is -0.317. The fourth-order valence-corrected chi connectivity index (χ4v) is 2.32. The molecule has 0 bridgehead atoms. The van der Waals surface area contributed by atoms with Crippen LogP contribution in [0.15, 0.2) is 30.3 Å². The Labute approximate surface area is 94.9 Å². The van der Waals surface area contributed by atoms with E-state index >= 15 is 0 Å². The highest BCUT2D eigenvalue weighted by Crippen LogP contribution is 2.35. The molecule has 1 aliphatic heterocycles. The number of piperidine rings is 1. The number of hydrogen-bond acceptors (Lipinski definition) is 2. The summed E-state index contributed by atoms with van der Waals surface area (Å²) in [6.07, 6.45) is 1.75. The van der Waals surface area contributed by atoms with Crippen LogP contribution in [0.4, 0.5) is 0 Å². The first-order valence-corrected chi connectivity index (χ1v) is 5.59. The zero-order valence-corrected chi connectivity index (χ0v) is 9.32. The fraction of sp³-hybridized carbons (Fsp3) is 0.385. The number of carbonyl (C=O) groups excluding carboxylic acids is 2. The molecule has 3 nitrogen and oxygen atoms in total. The number of amides is 2. The highest BCUT2D eigenvalue weighted by Gasteiger charge is 2.42. The third-order valence-corrected chi connectivity index (χ3v) is 3.40. The number of carbonyl (C=O) groups is 2. The molecule has 84 valence electrons. The van der Waals surface area contributed by atoms with Crippen molar-refractivity contribution in [3.8, 4) is 0 Å². The van der Waals surface area contributed by atoms with Crippen LogP contribution in [0.2, 0.25) is 0 Å². The monoisotopic (exact) mass is 217 g/mol. The van der Waals surface area contributed by atoms with Gasteiger partial charge in [0.15, 0.2) is 0 Å². The van der Waals surface area contributed by atoms with Crippen LogP contribution in [0.3, 0.4) is 0 Å². The van der Waals surface area contributed by atoms with E-state index in [2.05, 4.69) is 5.32 Å². The van der Waals surface area contributed by atoms with Crippen LogP contribution in [-0.2, 0) is 15.0 Å². The lowest BCUT2D eigenvalue weighted by molar-refractivity contribution is -0.138. The van der Waals surface area contributed by atoms with Gasteiger partial charge in [0.2, 0.25) is 11.8 Å². The van der Waals surface area contributed by atoms with E-state index in [-0.39, 0.29) is 11.8 Å². The zero-order chi connectivity index (χ0) is 11.6. The van der Waals surface area contributed by atoms with Crippen molar-refractivity contribution in [1.82, 2.24) is 5.32 Å². The Kier molecular flexibility index (Phi) is 2.77. The Morgan fingerprint density at radius 3 is 2.50 bits per heavy atom. The molecule has 2 rings (SSSR count). The van der Waals surface area contributed by atoms with Crippen molar-refractivity contribution >= 4 is 11.8 Å². The first kappa shape index (κ1) is 10.9. The minimum absolute atomic E-state index is 0.155. The molecule has 0 unspecified atom stereocenters. The van der Waals surface area contributed by atoms with Gasteiger partial charge in [-0.25, -0.2) is 0 Å². The van der Waals surface area contributed by atoms with Crippen LogP contribution >= 0.6 is 0 Å². The Morgan fingerprint density at radius 1 is 1.25 bits per heavy atom. The van der Waals surface area contributed by atoms with Crippen molar-refractivity contribution in [1.29, 1.82) is 0 Å². The van der Waals surface area contributed by atoms with Crippen LogP contribution < -0.4 is 5.32 Å². The predicted octanol–water partition coefficient (Wildman–Crippen LogP) is 1.77. The first-order chi connectivity index (χ1) is 7.69. The third kappa shape index (κ3) is 1.62. The summed E-state index contributed by atoms with van der Waals surface area (Å²) in [7, 11) is 0. The molecule has 1 heterocycles. The van der Waals surface area contributed by atoms with Crippen molar-refractivity contribution in [2.75, 3.05) is 0 Å². The SMILES string of the molecule is CC[C@]1(c2ccccc2)CCC(=O)NC1=O. The minimum atomic E-state index is -0.519. The second kappa shape index (κ2) is 4.08. The molecular formula is C13H15NO2. The second-order valence-corrected chi connectivity index (χ2v) is 4.18. The van der Waals surface area contributed by atoms with Gasteiger partial charge in [-0.3, -0.25) is 14.9 Å². The van der Waals surface area contributed by atoms with E-state index in [9.17, 15) is 9.59 Å². The lowest BCUT2D eigenvalue weighted by Crippen LogP contribution is -2.51. The van der Waals surface area contributed by atoms with Crippen molar-refractivity contribution in [3.05, 3.63) is 35.9 Å². The van der Waals surface area contributed by atoms with E-state index in [1.54, 1.807) is 0 Å². The van der Waals surface area contributed by atoms with Crippen LogP contribution in [-0.4, -0.2) is 11.8 Å². The topological polar surface area (TPSA) is 46.2 Å². The van der Waals surface area contributed by atoms with Gasteiger partial charge in [0.1, 0.15) is 0 Å². The highest BCUT2D eigenvalue weighted by atomic mass is 16.2. The van der Waals surface area contributed by atoms with E-state index in [4.69, 9.17) is 0 Å². The van der Waals surface area contributed by atoms with E-state index in [1.807, 2.05) is 37.3 Å². The molecule has 2 amide bonds. The molecule has 1 aromatic carbocycles. The van der Waals surface area contributed by atoms with Gasteiger partial charge in [-0.05, 0) is 18.4 Å². The van der Waals surface area contributed by atoms with Crippen LogP contribution in [0.5, 0.6) is 0 Å². The maximum atomic E-state index is 12.0. The quantitative estimate of drug-likeness (QED) is 0.767. The Hall–Kier alpha value is -1.64. The van der Waals surface area contributed by atoms with Crippen LogP contribution in [0.25, 0.3) is 0 Å². The average Bonchev–Trinajstić information content (AvgIpc) is 2.31. The van der Waals surface area contributed by atoms with E-state index in [1.165, 1.54) is 0 Å². The molecule has 1 atom stereocenters. The van der Waals surface area contributed by atoms with E-state index in [0.717, 1.165) is 12.0 Å². The molecule has 0 spiro atoms. The van der Waals surface area contributed by atoms with Gasteiger partial charge in [0, 0.05) is 6.42 Å². The van der Waals surface area contributed by atoms with E-state index in [0.29, 0.717) is 12.8 Å². The maximum absolute atomic E-state index is 12.0. The van der Waals surface area contributed by atoms with Gasteiger partial charge >= 0.3 is 0 Å². The van der Waals surface area contributed by atoms with Crippen LogP contribution in [0.1, 0.15) is 31.7 Å². The van der Waals surface area contributed by atoms with E-state index < -0.39 is 5.41 Å². The maximum Gasteiger partial charge on any atom is 0.237 e. The largest absolute Gasteiger partial charge is 0.296 e. The second-order valence-electron chi connectivity index (χ2n) is 4.18. The molecule has 0 aromatic heterocycles. The number of nitrogens with one attached hydrogen (secondary N) is 1. The van der Waals surface area contributed by atoms with Crippen LogP contribution in [0, 0.1) is 0 Å². The molecule has 1 saturated heterocycles. The lowest BCUT2D eigenvalue weighted by Gasteiger charge is -2.34. The van der Waals surface area contributed by atoms with Crippen molar-refractivity contribution < 1.29 is 9.59 Å². The highest BCUT2D eigenvalue weighted by molar-refractivity contribution is 6.03. The molecule has 0 aliphatic carbocycles. The summed E-state index contributed by atoms with van der Waals surface area (Å²) >= 11 is 0. The lowest BCUT2D eigenvalue weighted by atomic mass is 9.72. The van der Waals surface area contributed by atoms with Crippen molar-refractivity contribution in [2.24, 2.45) is 0 Å². The standard InChI is InChI=1S/C13H15NO2/c1-2-13(10-6-4-3-5-7-10)9-8-11(15)14-12(13)16/h3-7H,2,8-9H2,1H3,(H,14,15,16)/t13-/m1/s1. The Bertz CT molecular complexity index is 413. The fourth-order valence-electron chi connectivity index (χ4n) is 2.32. The summed E-state index contributed by atoms with van der Waals surface area (Å²) in [5.41, 5.74) is 0.484. The third-order valence-electron chi connectivity index (χ3n) is 3.40. The summed E-state index contributed by atoms with van der Waals surface area (Å²) in [4.78, 5) is 23.2. The average molecular weight is 217 g/mol. The smallest absolute Gasteiger partial charge is 0.237 e. The Balaban J connectivity index is 2.40. The van der Waals surface area contributed by atoms with Crippen molar-refractivity contribution in [2.45, 2.75) is 31.6 Å². The molecule has 1 aromatic rings. The number of imide groups is 1. The summed E-state index contributed by atoms with van der Waals surface area (Å²) in [6.45, 7) is 1.99. The number of rotatable bonds is 2. The molecule has 16 heavy (non-hydrogen) atoms. The molecule has 1 aliphatic rings. The molecule has 3 heteroatoms. The molecule has 1 fully saturated rings. The number of benzene rings is 1. The summed E-state index contributed by atoms with van der Waals surface area (Å²) < 4.78 is 0. The van der Waals surface area contributed by atoms with Gasteiger partial charge in [-0.1, -0.05) is 37.3 Å². The van der Waals surface area contributed by atoms with Gasteiger partial charge in [0.25, 0.3) is 0 Å². The minimum Gasteiger partial charge on any atom is -0.296 e. The summed E-state index contributed by atoms with van der Waals surface area (Å²) in [6, 6.07) is 9.70. The van der Waals surface area contributed by atoms with Gasteiger partial charge in [0.05, 0.1) is 5.41 Å². The predicted molar refractivity (Wildman–Crippen MR) is 60.8 cm³/mol. The normalized spacial score (nSPS) is 25.3. The zero-order valence-electron chi connectivity index (χ0n) is 9.32. The van der Waals surface area contributed by atoms with Gasteiger partial charge < -0.3 is 0 Å². The van der Waals surface area contributed by atoms with Crippen molar-refractivity contribution in [3.63, 3.8) is 0 Å². The first-order valence-electron chi connectivity index (χ1n) is 5.59.